The van der Waals surface area contributed by atoms with E-state index in [-0.39, 0.29) is 6.04 Å². The van der Waals surface area contributed by atoms with Crippen LogP contribution in [0.25, 0.3) is 0 Å². The highest BCUT2D eigenvalue weighted by atomic mass is 79.9. The molecule has 2 rings (SSSR count). The van der Waals surface area contributed by atoms with Crippen molar-refractivity contribution in [1.82, 2.24) is 20.4 Å². The van der Waals surface area contributed by atoms with Crippen LogP contribution in [0.2, 0.25) is 0 Å². The number of aryl methyl sites for hydroxylation is 2. The molecule has 1 unspecified atom stereocenters. The van der Waals surface area contributed by atoms with Crippen molar-refractivity contribution in [3.63, 3.8) is 0 Å². The van der Waals surface area contributed by atoms with Crippen LogP contribution < -0.4 is 11.3 Å². The third kappa shape index (κ3) is 2.03. The van der Waals surface area contributed by atoms with Crippen LogP contribution >= 0.6 is 27.3 Å². The Hall–Kier alpha value is -0.760. The standard InChI is InChI=1S/C9H12BrN5S/c1-5-3-4-6(16-5)7(12-11)8-9(10)13-14-15(8)2/h3-4,7,12H,11H2,1-2H3. The topological polar surface area (TPSA) is 68.8 Å². The molecule has 0 bridgehead atoms. The zero-order valence-electron chi connectivity index (χ0n) is 8.94. The van der Waals surface area contributed by atoms with Gasteiger partial charge in [0.1, 0.15) is 0 Å². The highest BCUT2D eigenvalue weighted by Gasteiger charge is 2.21. The van der Waals surface area contributed by atoms with Gasteiger partial charge in [0.15, 0.2) is 4.60 Å². The zero-order valence-corrected chi connectivity index (χ0v) is 11.3. The fourth-order valence-electron chi connectivity index (χ4n) is 1.55. The number of nitrogens with zero attached hydrogens (tertiary/aromatic N) is 3. The summed E-state index contributed by atoms with van der Waals surface area (Å²) in [6, 6.07) is 4.04. The lowest BCUT2D eigenvalue weighted by atomic mass is 10.2. The number of nitrogens with two attached hydrogens (primary N) is 1. The summed E-state index contributed by atoms with van der Waals surface area (Å²) < 4.78 is 2.42. The first-order chi connectivity index (χ1) is 7.63. The second kappa shape index (κ2) is 4.62. The molecule has 7 heteroatoms. The van der Waals surface area contributed by atoms with E-state index in [4.69, 9.17) is 5.84 Å². The molecule has 5 nitrogen and oxygen atoms in total. The number of hydrogen-bond acceptors (Lipinski definition) is 5. The molecule has 0 spiro atoms. The van der Waals surface area contributed by atoms with Crippen molar-refractivity contribution in [3.8, 4) is 0 Å². The van der Waals surface area contributed by atoms with Crippen molar-refractivity contribution in [2.45, 2.75) is 13.0 Å². The maximum absolute atomic E-state index is 5.61. The Bertz CT molecular complexity index is 472. The largest absolute Gasteiger partial charge is 0.270 e. The number of hydrogen-bond donors (Lipinski definition) is 2. The maximum atomic E-state index is 5.61. The molecule has 0 saturated heterocycles. The van der Waals surface area contributed by atoms with Gasteiger partial charge in [0, 0.05) is 16.8 Å². The Morgan fingerprint density at radius 2 is 2.31 bits per heavy atom. The van der Waals surface area contributed by atoms with Crippen molar-refractivity contribution in [2.24, 2.45) is 12.9 Å². The van der Waals surface area contributed by atoms with Crippen LogP contribution in [0, 0.1) is 6.92 Å². The van der Waals surface area contributed by atoms with E-state index in [1.165, 1.54) is 4.88 Å². The summed E-state index contributed by atoms with van der Waals surface area (Å²) in [4.78, 5) is 2.40. The van der Waals surface area contributed by atoms with Crippen LogP contribution in [0.4, 0.5) is 0 Å². The Kier molecular flexibility index (Phi) is 3.38. The minimum absolute atomic E-state index is 0.0897. The number of thiophene rings is 1. The van der Waals surface area contributed by atoms with Gasteiger partial charge in [-0.2, -0.15) is 0 Å². The molecule has 86 valence electrons. The monoisotopic (exact) mass is 301 g/mol. The summed E-state index contributed by atoms with van der Waals surface area (Å²) in [7, 11) is 1.85. The van der Waals surface area contributed by atoms with Gasteiger partial charge in [-0.3, -0.25) is 5.84 Å². The minimum Gasteiger partial charge on any atom is -0.270 e. The molecule has 0 saturated carbocycles. The van der Waals surface area contributed by atoms with E-state index in [0.717, 1.165) is 10.6 Å². The van der Waals surface area contributed by atoms with Gasteiger partial charge in [0.25, 0.3) is 0 Å². The summed E-state index contributed by atoms with van der Waals surface area (Å²) >= 11 is 5.08. The van der Waals surface area contributed by atoms with Crippen LogP contribution in [0.1, 0.15) is 21.5 Å². The molecule has 0 aromatic carbocycles. The Labute approximate surface area is 106 Å². The summed E-state index contributed by atoms with van der Waals surface area (Å²) in [5, 5.41) is 7.90. The molecule has 0 aliphatic carbocycles. The van der Waals surface area contributed by atoms with Crippen LogP contribution in [0.15, 0.2) is 16.7 Å². The number of nitrogens with one attached hydrogen (secondary N) is 1. The first kappa shape index (κ1) is 11.7. The maximum Gasteiger partial charge on any atom is 0.153 e. The van der Waals surface area contributed by atoms with Gasteiger partial charge < -0.3 is 0 Å². The molecule has 2 heterocycles. The molecule has 0 aliphatic rings. The van der Waals surface area contributed by atoms with Crippen LogP contribution in [0.3, 0.4) is 0 Å². The lowest BCUT2D eigenvalue weighted by Crippen LogP contribution is -2.30. The van der Waals surface area contributed by atoms with Crippen molar-refractivity contribution in [2.75, 3.05) is 0 Å². The molecule has 0 fully saturated rings. The minimum atomic E-state index is -0.0897. The highest BCUT2D eigenvalue weighted by molar-refractivity contribution is 9.10. The summed E-state index contributed by atoms with van der Waals surface area (Å²) in [6.07, 6.45) is 0. The van der Waals surface area contributed by atoms with E-state index in [1.54, 1.807) is 16.0 Å². The molecule has 2 aromatic rings. The zero-order chi connectivity index (χ0) is 11.7. The second-order valence-electron chi connectivity index (χ2n) is 3.44. The predicted molar refractivity (Wildman–Crippen MR) is 66.9 cm³/mol. The molecule has 0 aliphatic heterocycles. The molecule has 0 radical (unpaired) electrons. The van der Waals surface area contributed by atoms with E-state index >= 15 is 0 Å². The molecule has 3 N–H and O–H groups in total. The Morgan fingerprint density at radius 3 is 2.75 bits per heavy atom. The predicted octanol–water partition coefficient (Wildman–Crippen LogP) is 1.50. The third-order valence-corrected chi connectivity index (χ3v) is 3.94. The van der Waals surface area contributed by atoms with Gasteiger partial charge >= 0.3 is 0 Å². The second-order valence-corrected chi connectivity index (χ2v) is 5.51. The molecular weight excluding hydrogens is 290 g/mol. The number of rotatable bonds is 3. The average molecular weight is 302 g/mol. The first-order valence-corrected chi connectivity index (χ1v) is 6.32. The highest BCUT2D eigenvalue weighted by Crippen LogP contribution is 2.30. The molecule has 16 heavy (non-hydrogen) atoms. The average Bonchev–Trinajstić information content (AvgIpc) is 2.80. The lowest BCUT2D eigenvalue weighted by Gasteiger charge is -2.14. The summed E-state index contributed by atoms with van der Waals surface area (Å²) in [5.41, 5.74) is 3.72. The molecule has 2 aromatic heterocycles. The van der Waals surface area contributed by atoms with Gasteiger partial charge in [-0.25, -0.2) is 10.1 Å². The summed E-state index contributed by atoms with van der Waals surface area (Å²) in [5.74, 6) is 5.61. The fraction of sp³-hybridized carbons (Fsp3) is 0.333. The number of hydrazine groups is 1. The molecule has 0 amide bonds. The van der Waals surface area contributed by atoms with E-state index < -0.39 is 0 Å². The fourth-order valence-corrected chi connectivity index (χ4v) is 3.05. The SMILES string of the molecule is Cc1ccc(C(NN)c2c(Br)nnn2C)s1. The van der Waals surface area contributed by atoms with E-state index in [9.17, 15) is 0 Å². The van der Waals surface area contributed by atoms with Crippen LogP contribution in [-0.2, 0) is 7.05 Å². The van der Waals surface area contributed by atoms with Gasteiger partial charge in [-0.15, -0.1) is 16.4 Å². The van der Waals surface area contributed by atoms with Crippen molar-refractivity contribution >= 4 is 27.3 Å². The Morgan fingerprint density at radius 1 is 1.56 bits per heavy atom. The molecule has 1 atom stereocenters. The van der Waals surface area contributed by atoms with E-state index in [2.05, 4.69) is 50.7 Å². The summed E-state index contributed by atoms with van der Waals surface area (Å²) in [6.45, 7) is 2.07. The van der Waals surface area contributed by atoms with Crippen LogP contribution in [0.5, 0.6) is 0 Å². The first-order valence-electron chi connectivity index (χ1n) is 4.71. The Balaban J connectivity index is 2.44. The quantitative estimate of drug-likeness (QED) is 0.666. The van der Waals surface area contributed by atoms with Crippen molar-refractivity contribution < 1.29 is 0 Å². The van der Waals surface area contributed by atoms with Gasteiger partial charge in [0.05, 0.1) is 11.7 Å². The molecular formula is C9H12BrN5S. The third-order valence-electron chi connectivity index (χ3n) is 2.31. The number of aromatic nitrogens is 3. The van der Waals surface area contributed by atoms with E-state index in [1.807, 2.05) is 7.05 Å². The lowest BCUT2D eigenvalue weighted by molar-refractivity contribution is 0.575. The normalized spacial score (nSPS) is 13.0. The van der Waals surface area contributed by atoms with E-state index in [0.29, 0.717) is 4.60 Å². The van der Waals surface area contributed by atoms with Gasteiger partial charge in [-0.05, 0) is 35.0 Å². The van der Waals surface area contributed by atoms with Gasteiger partial charge in [0.2, 0.25) is 0 Å². The van der Waals surface area contributed by atoms with Crippen LogP contribution in [-0.4, -0.2) is 15.0 Å². The van der Waals surface area contributed by atoms with Gasteiger partial charge in [-0.1, -0.05) is 5.21 Å². The van der Waals surface area contributed by atoms with Crippen molar-refractivity contribution in [1.29, 1.82) is 0 Å². The smallest absolute Gasteiger partial charge is 0.153 e. The number of halogens is 1. The van der Waals surface area contributed by atoms with Crippen molar-refractivity contribution in [3.05, 3.63) is 32.2 Å².